The minimum atomic E-state index is -4.19. The number of rotatable bonds is 11. The molecule has 8 nitrogen and oxygen atoms in total. The number of hydrogen-bond donors (Lipinski definition) is 4. The minimum absolute atomic E-state index is 0.109. The van der Waals surface area contributed by atoms with Crippen LogP contribution >= 0.6 is 0 Å². The fourth-order valence-electron chi connectivity index (χ4n) is 2.67. The van der Waals surface area contributed by atoms with Gasteiger partial charge in [-0.05, 0) is 30.0 Å². The molecule has 0 aliphatic carbocycles. The maximum Gasteiger partial charge on any atom is 0.245 e. The van der Waals surface area contributed by atoms with Gasteiger partial charge in [0.05, 0.1) is 25.9 Å². The first-order valence-corrected chi connectivity index (χ1v) is 10.2. The predicted molar refractivity (Wildman–Crippen MR) is 100.0 cm³/mol. The molecule has 9 heteroatoms. The van der Waals surface area contributed by atoms with Gasteiger partial charge in [-0.25, -0.2) is 8.42 Å². The molecular weight excluding hydrogens is 374 g/mol. The topological polar surface area (TPSA) is 133 Å². The van der Waals surface area contributed by atoms with Crippen LogP contribution in [0, 0.1) is 11.8 Å². The number of nitrogens with one attached hydrogen (secondary N) is 1. The van der Waals surface area contributed by atoms with E-state index in [0.717, 1.165) is 5.56 Å². The molecule has 4 atom stereocenters. The maximum absolute atomic E-state index is 12.8. The van der Waals surface area contributed by atoms with Gasteiger partial charge in [-0.2, -0.15) is 4.72 Å². The van der Waals surface area contributed by atoms with Crippen molar-refractivity contribution in [3.05, 3.63) is 23.8 Å². The number of ether oxygens (including phenoxy) is 1. The van der Waals surface area contributed by atoms with E-state index >= 15 is 0 Å². The van der Waals surface area contributed by atoms with Crippen molar-refractivity contribution in [1.29, 1.82) is 0 Å². The van der Waals surface area contributed by atoms with Crippen molar-refractivity contribution in [3.8, 4) is 5.75 Å². The monoisotopic (exact) mass is 403 g/mol. The molecular formula is C18H29NO7S. The lowest BCUT2D eigenvalue weighted by Crippen LogP contribution is -2.49. The summed E-state index contributed by atoms with van der Waals surface area (Å²) in [5, 5.41) is 28.8. The van der Waals surface area contributed by atoms with Crippen molar-refractivity contribution in [2.45, 2.75) is 50.3 Å². The number of aldehydes is 1. The largest absolute Gasteiger partial charge is 0.495 e. The standard InChI is InChI=1S/C18H29NO7S/c1-11(2)7-13-5-6-16(26-4)17(8-13)27(24,25)19-14(9-20)18(23)12(3)15(22)10-21/h5-6,8-9,11-12,14-15,18-19,21-23H,7,10H2,1-4H3/t12-,14+,15+,18+/m0/s1. The number of methoxy groups -OCH3 is 1. The van der Waals surface area contributed by atoms with Crippen LogP contribution in [0.15, 0.2) is 23.1 Å². The average Bonchev–Trinajstić information content (AvgIpc) is 2.63. The molecule has 0 saturated heterocycles. The van der Waals surface area contributed by atoms with Crippen LogP contribution in [0.4, 0.5) is 0 Å². The first-order chi connectivity index (χ1) is 12.6. The van der Waals surface area contributed by atoms with Crippen LogP contribution in [0.2, 0.25) is 0 Å². The van der Waals surface area contributed by atoms with E-state index in [1.807, 2.05) is 13.8 Å². The average molecular weight is 403 g/mol. The van der Waals surface area contributed by atoms with Gasteiger partial charge in [0.1, 0.15) is 23.0 Å². The number of carbonyl (C=O) groups is 1. The fourth-order valence-corrected chi connectivity index (χ4v) is 4.07. The molecule has 0 bridgehead atoms. The molecule has 27 heavy (non-hydrogen) atoms. The Morgan fingerprint density at radius 1 is 1.22 bits per heavy atom. The summed E-state index contributed by atoms with van der Waals surface area (Å²) in [5.74, 6) is -0.507. The van der Waals surface area contributed by atoms with Gasteiger partial charge in [-0.15, -0.1) is 0 Å². The normalized spacial score (nSPS) is 16.6. The summed E-state index contributed by atoms with van der Waals surface area (Å²) in [6.45, 7) is 4.79. The van der Waals surface area contributed by atoms with E-state index in [1.54, 1.807) is 6.07 Å². The molecule has 0 aliphatic heterocycles. The molecule has 0 fully saturated rings. The van der Waals surface area contributed by atoms with E-state index in [-0.39, 0.29) is 16.9 Å². The van der Waals surface area contributed by atoms with Crippen molar-refractivity contribution in [1.82, 2.24) is 4.72 Å². The number of carbonyl (C=O) groups excluding carboxylic acids is 1. The maximum atomic E-state index is 12.8. The van der Waals surface area contributed by atoms with Crippen LogP contribution in [0.5, 0.6) is 5.75 Å². The van der Waals surface area contributed by atoms with Gasteiger partial charge in [-0.3, -0.25) is 0 Å². The second-order valence-corrected chi connectivity index (χ2v) is 8.65. The van der Waals surface area contributed by atoms with E-state index in [1.165, 1.54) is 26.2 Å². The third-order valence-corrected chi connectivity index (χ3v) is 5.78. The van der Waals surface area contributed by atoms with Crippen LogP contribution < -0.4 is 9.46 Å². The van der Waals surface area contributed by atoms with Crippen LogP contribution in [-0.2, 0) is 21.2 Å². The fraction of sp³-hybridized carbons (Fsp3) is 0.611. The minimum Gasteiger partial charge on any atom is -0.495 e. The molecule has 1 aromatic rings. The third kappa shape index (κ3) is 6.25. The Morgan fingerprint density at radius 3 is 2.33 bits per heavy atom. The molecule has 0 amide bonds. The van der Waals surface area contributed by atoms with Crippen LogP contribution in [0.3, 0.4) is 0 Å². The molecule has 1 rings (SSSR count). The Balaban J connectivity index is 3.19. The zero-order valence-electron chi connectivity index (χ0n) is 16.0. The Bertz CT molecular complexity index is 720. The van der Waals surface area contributed by atoms with Crippen molar-refractivity contribution >= 4 is 16.3 Å². The van der Waals surface area contributed by atoms with Crippen LogP contribution in [0.25, 0.3) is 0 Å². The number of aliphatic hydroxyl groups is 3. The van der Waals surface area contributed by atoms with Gasteiger partial charge in [0.2, 0.25) is 10.0 Å². The molecule has 0 aliphatic rings. The molecule has 1 aromatic carbocycles. The second kappa shape index (κ2) is 10.1. The summed E-state index contributed by atoms with van der Waals surface area (Å²) in [6, 6.07) is 3.28. The molecule has 154 valence electrons. The highest BCUT2D eigenvalue weighted by Crippen LogP contribution is 2.26. The van der Waals surface area contributed by atoms with Gasteiger partial charge in [-0.1, -0.05) is 26.8 Å². The molecule has 0 aromatic heterocycles. The SMILES string of the molecule is COc1ccc(CC(C)C)cc1S(=O)(=O)N[C@H](C=O)[C@H](O)[C@@H](C)[C@H](O)CO. The van der Waals surface area contributed by atoms with E-state index in [0.29, 0.717) is 12.3 Å². The van der Waals surface area contributed by atoms with Gasteiger partial charge >= 0.3 is 0 Å². The summed E-state index contributed by atoms with van der Waals surface area (Å²) in [5.41, 5.74) is 0.790. The van der Waals surface area contributed by atoms with E-state index in [9.17, 15) is 23.4 Å². The van der Waals surface area contributed by atoms with E-state index < -0.39 is 40.8 Å². The van der Waals surface area contributed by atoms with E-state index in [2.05, 4.69) is 4.72 Å². The summed E-state index contributed by atoms with van der Waals surface area (Å²) in [7, 11) is -2.86. The van der Waals surface area contributed by atoms with Gasteiger partial charge in [0, 0.05) is 5.92 Å². The lowest BCUT2D eigenvalue weighted by atomic mass is 9.94. The first kappa shape index (κ1) is 23.5. The molecule has 4 N–H and O–H groups in total. The van der Waals surface area contributed by atoms with Crippen LogP contribution in [-0.4, -0.2) is 62.0 Å². The lowest BCUT2D eigenvalue weighted by molar-refractivity contribution is -0.113. The summed E-state index contributed by atoms with van der Waals surface area (Å²) in [4.78, 5) is 11.2. The van der Waals surface area contributed by atoms with Gasteiger partial charge in [0.15, 0.2) is 0 Å². The summed E-state index contributed by atoms with van der Waals surface area (Å²) in [6.07, 6.45) is -1.90. The first-order valence-electron chi connectivity index (χ1n) is 8.68. The summed E-state index contributed by atoms with van der Waals surface area (Å²) < 4.78 is 32.9. The van der Waals surface area contributed by atoms with Crippen molar-refractivity contribution < 1.29 is 33.3 Å². The second-order valence-electron chi connectivity index (χ2n) is 6.97. The Morgan fingerprint density at radius 2 is 1.85 bits per heavy atom. The highest BCUT2D eigenvalue weighted by molar-refractivity contribution is 7.89. The van der Waals surface area contributed by atoms with E-state index in [4.69, 9.17) is 9.84 Å². The number of aliphatic hydroxyl groups excluding tert-OH is 3. The molecule has 0 unspecified atom stereocenters. The predicted octanol–water partition coefficient (Wildman–Crippen LogP) is 0.0897. The summed E-state index contributed by atoms with van der Waals surface area (Å²) >= 11 is 0. The third-order valence-electron chi connectivity index (χ3n) is 4.30. The molecule has 0 saturated carbocycles. The van der Waals surface area contributed by atoms with Crippen molar-refractivity contribution in [3.63, 3.8) is 0 Å². The van der Waals surface area contributed by atoms with Gasteiger partial charge < -0.3 is 24.9 Å². The molecule has 0 heterocycles. The highest BCUT2D eigenvalue weighted by atomic mass is 32.2. The molecule has 0 spiro atoms. The number of hydrogen-bond acceptors (Lipinski definition) is 7. The Kier molecular flexibility index (Phi) is 8.83. The Hall–Kier alpha value is -1.52. The number of sulfonamides is 1. The van der Waals surface area contributed by atoms with Crippen molar-refractivity contribution in [2.24, 2.45) is 11.8 Å². The van der Waals surface area contributed by atoms with Crippen LogP contribution in [0.1, 0.15) is 26.3 Å². The lowest BCUT2D eigenvalue weighted by Gasteiger charge is -2.27. The van der Waals surface area contributed by atoms with Crippen molar-refractivity contribution in [2.75, 3.05) is 13.7 Å². The molecule has 0 radical (unpaired) electrons. The number of benzene rings is 1. The smallest absolute Gasteiger partial charge is 0.245 e. The zero-order valence-corrected chi connectivity index (χ0v) is 16.8. The highest BCUT2D eigenvalue weighted by Gasteiger charge is 2.33. The quantitative estimate of drug-likeness (QED) is 0.385. The van der Waals surface area contributed by atoms with Gasteiger partial charge in [0.25, 0.3) is 0 Å². The zero-order chi connectivity index (χ0) is 20.8. The Labute approximate surface area is 160 Å².